The second kappa shape index (κ2) is 10.3. The van der Waals surface area contributed by atoms with Crippen molar-refractivity contribution in [2.75, 3.05) is 0 Å². The van der Waals surface area contributed by atoms with E-state index in [0.29, 0.717) is 5.75 Å². The van der Waals surface area contributed by atoms with Gasteiger partial charge in [-0.25, -0.2) is 0 Å². The van der Waals surface area contributed by atoms with E-state index in [1.165, 1.54) is 0 Å². The Balaban J connectivity index is 0. The monoisotopic (exact) mass is 459 g/mol. The van der Waals surface area contributed by atoms with Crippen LogP contribution >= 0.6 is 22.6 Å². The summed E-state index contributed by atoms with van der Waals surface area (Å²) in [7, 11) is 0. The zero-order chi connectivity index (χ0) is 7.82. The minimum atomic E-state index is 0. The first kappa shape index (κ1) is 13.9. The molecule has 0 saturated carbocycles. The van der Waals surface area contributed by atoms with Crippen molar-refractivity contribution in [3.8, 4) is 5.75 Å². The first-order chi connectivity index (χ1) is 4.81. The fraction of sp³-hybridized carbons (Fsp3) is 0. The molecule has 1 N–H and O–H groups in total. The summed E-state index contributed by atoms with van der Waals surface area (Å²) >= 11 is 1.61. The molecule has 4 heteroatoms. The maximum Gasteiger partial charge on any atom is 0.179 e. The Morgan fingerprint density at radius 2 is 1.64 bits per heavy atom. The van der Waals surface area contributed by atoms with Crippen LogP contribution in [-0.2, 0) is 4.79 Å². The average Bonchev–Trinajstić information content (AvgIpc) is 1.91. The average molecular weight is 459 g/mol. The Morgan fingerprint density at radius 3 is 1.82 bits per heavy atom. The maximum atomic E-state index is 8.79. The number of aromatic hydroxyl groups is 1. The number of carbonyl (C=O) groups is 1. The molecule has 0 bridgehead atoms. The predicted octanol–water partition coefficient (Wildman–Crippen LogP) is 1.62. The first-order valence-corrected chi connectivity index (χ1v) is 3.83. The van der Waals surface area contributed by atoms with E-state index in [-0.39, 0.29) is 26.2 Å². The summed E-state index contributed by atoms with van der Waals surface area (Å²) in [5, 5.41) is 8.63. The molecule has 3 radical (unpaired) electrons. The molecular formula is C7H7BiIO2. The van der Waals surface area contributed by atoms with Gasteiger partial charge in [0.25, 0.3) is 0 Å². The molecule has 59 valence electrons. The van der Waals surface area contributed by atoms with Gasteiger partial charge in [0.1, 0.15) is 5.75 Å². The summed E-state index contributed by atoms with van der Waals surface area (Å²) in [4.78, 5) is 8.79. The number of para-hydroxylation sites is 1. The van der Waals surface area contributed by atoms with Crippen molar-refractivity contribution in [2.24, 2.45) is 0 Å². The van der Waals surface area contributed by atoms with Crippen molar-refractivity contribution in [2.45, 2.75) is 0 Å². The third-order valence-corrected chi connectivity index (χ3v) is 0.756. The Hall–Kier alpha value is 0.303. The number of carbonyl (C=O) groups excluding carboxylic acids is 1. The fourth-order valence-corrected chi connectivity index (χ4v) is 0.428. The van der Waals surface area contributed by atoms with E-state index in [1.807, 2.05) is 6.07 Å². The minimum absolute atomic E-state index is 0. The molecule has 0 unspecified atom stereocenters. The molecule has 0 aliphatic heterocycles. The third kappa shape index (κ3) is 10.3. The molecule has 0 heterocycles. The largest absolute Gasteiger partial charge is 0.508 e. The normalized spacial score (nSPS) is 6.64. The quantitative estimate of drug-likeness (QED) is 0.278. The summed E-state index contributed by atoms with van der Waals surface area (Å²) in [6, 6.07) is 8.71. The standard InChI is InChI=1S/C6H6O.CHIO.Bi/c7-6-4-2-1-3-5-6;2-1-3;/h1-5,7H;1H;. The number of rotatable bonds is 0. The van der Waals surface area contributed by atoms with Crippen molar-refractivity contribution in [1.29, 1.82) is 0 Å². The van der Waals surface area contributed by atoms with Gasteiger partial charge < -0.3 is 5.11 Å². The van der Waals surface area contributed by atoms with E-state index in [0.717, 1.165) is 4.29 Å². The second-order valence-corrected chi connectivity index (χ2v) is 1.93. The Morgan fingerprint density at radius 1 is 1.27 bits per heavy atom. The van der Waals surface area contributed by atoms with E-state index in [2.05, 4.69) is 0 Å². The van der Waals surface area contributed by atoms with Crippen LogP contribution in [0.5, 0.6) is 5.75 Å². The summed E-state index contributed by atoms with van der Waals surface area (Å²) in [5.74, 6) is 0.322. The molecule has 0 amide bonds. The van der Waals surface area contributed by atoms with Gasteiger partial charge in [0, 0.05) is 26.2 Å². The smallest absolute Gasteiger partial charge is 0.179 e. The van der Waals surface area contributed by atoms with Crippen molar-refractivity contribution < 1.29 is 9.90 Å². The van der Waals surface area contributed by atoms with E-state index in [1.54, 1.807) is 46.9 Å². The molecule has 0 aromatic heterocycles. The molecule has 11 heavy (non-hydrogen) atoms. The van der Waals surface area contributed by atoms with Crippen molar-refractivity contribution in [3.63, 3.8) is 0 Å². The van der Waals surface area contributed by atoms with Gasteiger partial charge in [0.05, 0.1) is 0 Å². The molecule has 0 spiro atoms. The number of phenolic OH excluding ortho intramolecular Hbond substituents is 1. The SMILES string of the molecule is O=CI.Oc1ccccc1.[Bi]. The summed E-state index contributed by atoms with van der Waals surface area (Å²) in [6.07, 6.45) is 0. The minimum Gasteiger partial charge on any atom is -0.508 e. The van der Waals surface area contributed by atoms with Gasteiger partial charge in [-0.1, -0.05) is 18.2 Å². The molecule has 1 rings (SSSR count). The molecule has 0 aliphatic carbocycles. The van der Waals surface area contributed by atoms with E-state index < -0.39 is 0 Å². The van der Waals surface area contributed by atoms with Crippen LogP contribution < -0.4 is 0 Å². The van der Waals surface area contributed by atoms with E-state index in [9.17, 15) is 0 Å². The van der Waals surface area contributed by atoms with Gasteiger partial charge >= 0.3 is 0 Å². The van der Waals surface area contributed by atoms with Crippen molar-refractivity contribution >= 4 is 53.1 Å². The molecule has 0 aliphatic rings. The molecule has 2 nitrogen and oxygen atoms in total. The Kier molecular flexibility index (Phi) is 13.0. The molecule has 0 fully saturated rings. The third-order valence-electron chi connectivity index (χ3n) is 0.756. The summed E-state index contributed by atoms with van der Waals surface area (Å²) in [6.45, 7) is 0. The number of hydrogen-bond acceptors (Lipinski definition) is 2. The van der Waals surface area contributed by atoms with Crippen LogP contribution in [0.4, 0.5) is 0 Å². The molecule has 1 aromatic carbocycles. The fourth-order valence-electron chi connectivity index (χ4n) is 0.428. The zero-order valence-electron chi connectivity index (χ0n) is 5.64. The summed E-state index contributed by atoms with van der Waals surface area (Å²) < 4.78 is 0.720. The van der Waals surface area contributed by atoms with Crippen LogP contribution in [-0.4, -0.2) is 35.6 Å². The van der Waals surface area contributed by atoms with E-state index in [4.69, 9.17) is 9.90 Å². The molecule has 1 aromatic rings. The van der Waals surface area contributed by atoms with Gasteiger partial charge in [-0.15, -0.1) is 0 Å². The van der Waals surface area contributed by atoms with Crippen molar-refractivity contribution in [3.05, 3.63) is 30.3 Å². The van der Waals surface area contributed by atoms with Gasteiger partial charge in [0.2, 0.25) is 0 Å². The van der Waals surface area contributed by atoms with Crippen LogP contribution in [0.3, 0.4) is 0 Å². The number of benzene rings is 1. The molecule has 0 saturated heterocycles. The molecular weight excluding hydrogens is 452 g/mol. The predicted molar refractivity (Wildman–Crippen MR) is 54.6 cm³/mol. The van der Waals surface area contributed by atoms with Crippen LogP contribution in [0, 0.1) is 0 Å². The van der Waals surface area contributed by atoms with Crippen molar-refractivity contribution in [1.82, 2.24) is 0 Å². The maximum absolute atomic E-state index is 8.79. The number of halogens is 1. The van der Waals surface area contributed by atoms with Gasteiger partial charge in [-0.3, -0.25) is 4.79 Å². The van der Waals surface area contributed by atoms with Crippen LogP contribution in [0.1, 0.15) is 0 Å². The number of hydrogen-bond donors (Lipinski definition) is 1. The second-order valence-electron chi connectivity index (χ2n) is 1.42. The van der Waals surface area contributed by atoms with Gasteiger partial charge in [-0.2, -0.15) is 0 Å². The first-order valence-electron chi connectivity index (χ1n) is 2.59. The topological polar surface area (TPSA) is 37.3 Å². The van der Waals surface area contributed by atoms with E-state index >= 15 is 0 Å². The Bertz CT molecular complexity index is 179. The van der Waals surface area contributed by atoms with Gasteiger partial charge in [0.15, 0.2) is 4.29 Å². The van der Waals surface area contributed by atoms with Gasteiger partial charge in [-0.05, 0) is 34.7 Å². The van der Waals surface area contributed by atoms with Crippen LogP contribution in [0.25, 0.3) is 0 Å². The summed E-state index contributed by atoms with van der Waals surface area (Å²) in [5.41, 5.74) is 0. The Labute approximate surface area is 98.3 Å². The zero-order valence-corrected chi connectivity index (χ0v) is 11.3. The van der Waals surface area contributed by atoms with Crippen LogP contribution in [0.15, 0.2) is 30.3 Å². The number of phenols is 1. The molecule has 0 atom stereocenters. The van der Waals surface area contributed by atoms with Crippen LogP contribution in [0.2, 0.25) is 0 Å².